The topological polar surface area (TPSA) is 86.8 Å². The maximum absolute atomic E-state index is 14.0. The van der Waals surface area contributed by atoms with Gasteiger partial charge in [-0.2, -0.15) is 0 Å². The van der Waals surface area contributed by atoms with Crippen LogP contribution in [-0.4, -0.2) is 50.5 Å². The molecule has 0 aliphatic carbocycles. The first-order valence-electron chi connectivity index (χ1n) is 12.1. The summed E-state index contributed by atoms with van der Waals surface area (Å²) in [5.41, 5.74) is 2.64. The molecule has 0 aromatic heterocycles. The third-order valence-corrected chi connectivity index (χ3v) is 7.83. The first-order chi connectivity index (χ1) is 18.0. The van der Waals surface area contributed by atoms with Gasteiger partial charge < -0.3 is 10.2 Å². The van der Waals surface area contributed by atoms with Crippen molar-refractivity contribution in [3.63, 3.8) is 0 Å². The van der Waals surface area contributed by atoms with Gasteiger partial charge in [0.2, 0.25) is 21.8 Å². The number of hydrogen-bond donors (Lipinski definition) is 1. The Kier molecular flexibility index (Phi) is 10.4. The predicted molar refractivity (Wildman–Crippen MR) is 156 cm³/mol. The number of likely N-dealkylation sites (N-methyl/N-ethyl adjacent to an activating group) is 1. The van der Waals surface area contributed by atoms with Crippen LogP contribution in [-0.2, 0) is 32.6 Å². The fraction of sp³-hybridized carbons (Fsp3) is 0.286. The summed E-state index contributed by atoms with van der Waals surface area (Å²) in [7, 11) is -3.84. The maximum Gasteiger partial charge on any atom is 0.244 e. The van der Waals surface area contributed by atoms with E-state index in [1.807, 2.05) is 61.5 Å². The molecular weight excluding hydrogens is 590 g/mol. The molecule has 3 rings (SSSR count). The molecule has 10 heteroatoms. The van der Waals surface area contributed by atoms with Gasteiger partial charge in [-0.1, -0.05) is 70.0 Å². The molecule has 38 heavy (non-hydrogen) atoms. The number of hydrogen-bond acceptors (Lipinski definition) is 4. The van der Waals surface area contributed by atoms with E-state index >= 15 is 0 Å². The zero-order valence-electron chi connectivity index (χ0n) is 21.5. The molecular formula is C28H31BrClN3O4S. The summed E-state index contributed by atoms with van der Waals surface area (Å²) in [5, 5.41) is 3.30. The monoisotopic (exact) mass is 619 g/mol. The van der Waals surface area contributed by atoms with Crippen LogP contribution in [0.4, 0.5) is 5.69 Å². The first kappa shape index (κ1) is 29.7. The Morgan fingerprint density at radius 3 is 2.29 bits per heavy atom. The Morgan fingerprint density at radius 1 is 1.00 bits per heavy atom. The van der Waals surface area contributed by atoms with E-state index in [0.717, 1.165) is 26.2 Å². The summed E-state index contributed by atoms with van der Waals surface area (Å²) in [6.45, 7) is 3.58. The Bertz CT molecular complexity index is 1390. The molecule has 0 aliphatic rings. The second-order valence-corrected chi connectivity index (χ2v) is 12.2. The molecule has 0 radical (unpaired) electrons. The number of amides is 2. The van der Waals surface area contributed by atoms with Crippen molar-refractivity contribution in [2.75, 3.05) is 23.7 Å². The van der Waals surface area contributed by atoms with Crippen LogP contribution in [0.2, 0.25) is 5.02 Å². The molecule has 2 amide bonds. The highest BCUT2D eigenvalue weighted by molar-refractivity contribution is 9.10. The van der Waals surface area contributed by atoms with Gasteiger partial charge in [-0.25, -0.2) is 8.42 Å². The molecule has 0 fully saturated rings. The van der Waals surface area contributed by atoms with Crippen molar-refractivity contribution in [1.82, 2.24) is 10.2 Å². The molecule has 0 heterocycles. The van der Waals surface area contributed by atoms with Gasteiger partial charge in [0.1, 0.15) is 12.6 Å². The van der Waals surface area contributed by atoms with Gasteiger partial charge in [-0.15, -0.1) is 0 Å². The highest BCUT2D eigenvalue weighted by Crippen LogP contribution is 2.26. The van der Waals surface area contributed by atoms with E-state index in [4.69, 9.17) is 11.6 Å². The van der Waals surface area contributed by atoms with Crippen molar-refractivity contribution in [2.24, 2.45) is 0 Å². The predicted octanol–water partition coefficient (Wildman–Crippen LogP) is 4.95. The highest BCUT2D eigenvalue weighted by atomic mass is 79.9. The lowest BCUT2D eigenvalue weighted by Crippen LogP contribution is -2.53. The number of nitrogens with zero attached hydrogens (tertiary/aromatic N) is 2. The number of sulfonamides is 1. The van der Waals surface area contributed by atoms with E-state index in [2.05, 4.69) is 21.2 Å². The number of carbonyl (C=O) groups is 2. The van der Waals surface area contributed by atoms with Crippen LogP contribution in [0.3, 0.4) is 0 Å². The van der Waals surface area contributed by atoms with E-state index in [1.165, 1.54) is 4.90 Å². The fourth-order valence-electron chi connectivity index (χ4n) is 4.17. The molecule has 0 saturated heterocycles. The number of carbonyl (C=O) groups excluding carboxylic acids is 2. The van der Waals surface area contributed by atoms with E-state index < -0.39 is 28.5 Å². The van der Waals surface area contributed by atoms with Crippen molar-refractivity contribution in [1.29, 1.82) is 0 Å². The van der Waals surface area contributed by atoms with Gasteiger partial charge in [0.25, 0.3) is 0 Å². The quantitative estimate of drug-likeness (QED) is 0.329. The average Bonchev–Trinajstić information content (AvgIpc) is 2.85. The Labute approximate surface area is 238 Å². The van der Waals surface area contributed by atoms with E-state index in [9.17, 15) is 18.0 Å². The summed E-state index contributed by atoms with van der Waals surface area (Å²) < 4.78 is 27.6. The number of nitrogens with one attached hydrogen (secondary N) is 1. The van der Waals surface area contributed by atoms with Gasteiger partial charge in [-0.3, -0.25) is 13.9 Å². The number of rotatable bonds is 11. The van der Waals surface area contributed by atoms with Crippen LogP contribution < -0.4 is 9.62 Å². The van der Waals surface area contributed by atoms with Crippen molar-refractivity contribution in [2.45, 2.75) is 32.9 Å². The van der Waals surface area contributed by atoms with Crippen molar-refractivity contribution in [3.8, 4) is 0 Å². The molecule has 3 aromatic rings. The van der Waals surface area contributed by atoms with Crippen molar-refractivity contribution < 1.29 is 18.0 Å². The third kappa shape index (κ3) is 8.06. The van der Waals surface area contributed by atoms with Crippen molar-refractivity contribution in [3.05, 3.63) is 99.0 Å². The smallest absolute Gasteiger partial charge is 0.244 e. The average molecular weight is 621 g/mol. The molecule has 0 bridgehead atoms. The van der Waals surface area contributed by atoms with E-state index in [-0.39, 0.29) is 18.9 Å². The fourth-order valence-corrected chi connectivity index (χ4v) is 5.75. The molecule has 7 nitrogen and oxygen atoms in total. The number of benzene rings is 3. The normalized spacial score (nSPS) is 12.0. The molecule has 3 aromatic carbocycles. The van der Waals surface area contributed by atoms with E-state index in [1.54, 1.807) is 25.1 Å². The summed E-state index contributed by atoms with van der Waals surface area (Å²) in [5.74, 6) is -0.815. The summed E-state index contributed by atoms with van der Waals surface area (Å²) in [6, 6.07) is 20.8. The molecule has 1 atom stereocenters. The Morgan fingerprint density at radius 2 is 1.68 bits per heavy atom. The minimum atomic E-state index is -3.84. The number of anilines is 1. The zero-order chi connectivity index (χ0) is 27.9. The summed E-state index contributed by atoms with van der Waals surface area (Å²) >= 11 is 9.55. The molecule has 1 N–H and O–H groups in total. The van der Waals surface area contributed by atoms with Gasteiger partial charge in [0.05, 0.1) is 11.9 Å². The molecule has 0 saturated carbocycles. The minimum Gasteiger partial charge on any atom is -0.355 e. The Hall–Kier alpha value is -2.88. The van der Waals surface area contributed by atoms with Crippen LogP contribution in [0, 0.1) is 6.92 Å². The molecule has 0 spiro atoms. The molecule has 1 unspecified atom stereocenters. The minimum absolute atomic E-state index is 0.115. The van der Waals surface area contributed by atoms with Crippen LogP contribution in [0.1, 0.15) is 23.6 Å². The summed E-state index contributed by atoms with van der Waals surface area (Å²) in [6.07, 6.45) is 1.32. The van der Waals surface area contributed by atoms with Crippen LogP contribution in [0.5, 0.6) is 0 Å². The lowest BCUT2D eigenvalue weighted by Gasteiger charge is -2.33. The van der Waals surface area contributed by atoms with Crippen molar-refractivity contribution >= 4 is 55.1 Å². The molecule has 0 aliphatic heterocycles. The second-order valence-electron chi connectivity index (χ2n) is 8.95. The van der Waals surface area contributed by atoms with Gasteiger partial charge in [-0.05, 0) is 60.9 Å². The Balaban J connectivity index is 2.06. The lowest BCUT2D eigenvalue weighted by molar-refractivity contribution is -0.140. The molecule has 202 valence electrons. The highest BCUT2D eigenvalue weighted by Gasteiger charge is 2.33. The van der Waals surface area contributed by atoms with Crippen LogP contribution in [0.25, 0.3) is 0 Å². The van der Waals surface area contributed by atoms with Gasteiger partial charge in [0.15, 0.2) is 0 Å². The lowest BCUT2D eigenvalue weighted by atomic mass is 10.0. The van der Waals surface area contributed by atoms with Crippen LogP contribution >= 0.6 is 27.5 Å². The number of halogens is 2. The second kappa shape index (κ2) is 13.3. The maximum atomic E-state index is 14.0. The summed E-state index contributed by atoms with van der Waals surface area (Å²) in [4.78, 5) is 28.8. The first-order valence-corrected chi connectivity index (χ1v) is 15.1. The SMILES string of the molecule is CCNC(=O)C(Cc1ccccc1)N(Cc1cccc(Br)c1)C(=O)CN(c1ccc(Cl)cc1C)S(C)(=O)=O. The standard InChI is InChI=1S/C28H31BrClN3O4S/c1-4-31-28(35)26(17-21-9-6-5-7-10-21)32(18-22-11-8-12-23(29)16-22)27(34)19-33(38(3,36)37)25-14-13-24(30)15-20(25)2/h5-16,26H,4,17-19H2,1-3H3,(H,31,35). The van der Waals surface area contributed by atoms with E-state index in [0.29, 0.717) is 22.8 Å². The number of aryl methyl sites for hydroxylation is 1. The third-order valence-electron chi connectivity index (χ3n) is 5.97. The van der Waals surface area contributed by atoms with Gasteiger partial charge >= 0.3 is 0 Å². The van der Waals surface area contributed by atoms with Crippen LogP contribution in [0.15, 0.2) is 77.3 Å². The largest absolute Gasteiger partial charge is 0.355 e. The zero-order valence-corrected chi connectivity index (χ0v) is 24.7. The van der Waals surface area contributed by atoms with Gasteiger partial charge in [0, 0.05) is 29.0 Å².